The van der Waals surface area contributed by atoms with Gasteiger partial charge in [0, 0.05) is 62.5 Å². The molecule has 0 radical (unpaired) electrons. The molecule has 0 aromatic carbocycles. The van der Waals surface area contributed by atoms with Crippen LogP contribution in [0.4, 0.5) is 10.5 Å². The predicted molar refractivity (Wildman–Crippen MR) is 102 cm³/mol. The number of nitrogens with zero attached hydrogens (tertiary/aromatic N) is 4. The summed E-state index contributed by atoms with van der Waals surface area (Å²) in [6.45, 7) is 5.66. The Kier molecular flexibility index (Phi) is 4.27. The molecule has 0 bridgehead atoms. The highest BCUT2D eigenvalue weighted by atomic mass is 16.6. The first-order chi connectivity index (χ1) is 13.7. The molecule has 8 nitrogen and oxygen atoms in total. The first kappa shape index (κ1) is 17.2. The maximum atomic E-state index is 12.2. The van der Waals surface area contributed by atoms with Crippen LogP contribution < -0.4 is 4.90 Å². The zero-order valence-corrected chi connectivity index (χ0v) is 15.8. The fourth-order valence-electron chi connectivity index (χ4n) is 3.78. The number of pyridine rings is 1. The van der Waals surface area contributed by atoms with Gasteiger partial charge in [-0.2, -0.15) is 0 Å². The Balaban J connectivity index is 1.29. The van der Waals surface area contributed by atoms with Gasteiger partial charge in [-0.15, -0.1) is 0 Å². The lowest BCUT2D eigenvalue weighted by Gasteiger charge is -2.37. The molecule has 2 aromatic rings. The van der Waals surface area contributed by atoms with Crippen molar-refractivity contribution in [2.24, 2.45) is 0 Å². The Bertz CT molecular complexity index is 926. The average Bonchev–Trinajstić information content (AvgIpc) is 3.30. The Labute approximate surface area is 162 Å². The van der Waals surface area contributed by atoms with Crippen LogP contribution in [0, 0.1) is 6.92 Å². The number of hydrogen-bond donors (Lipinski definition) is 0. The van der Waals surface area contributed by atoms with Gasteiger partial charge in [0.05, 0.1) is 25.1 Å². The summed E-state index contributed by atoms with van der Waals surface area (Å²) in [6.07, 6.45) is 6.19. The number of aryl methyl sites for hydroxylation is 1. The monoisotopic (exact) mass is 382 g/mol. The van der Waals surface area contributed by atoms with Crippen molar-refractivity contribution in [2.75, 3.05) is 44.3 Å². The van der Waals surface area contributed by atoms with E-state index in [-0.39, 0.29) is 12.2 Å². The van der Waals surface area contributed by atoms with Crippen molar-refractivity contribution < 1.29 is 18.7 Å². The lowest BCUT2D eigenvalue weighted by atomic mass is 10.1. The number of carbonyl (C=O) groups excluding carboxylic acids is 1. The van der Waals surface area contributed by atoms with Gasteiger partial charge < -0.3 is 23.7 Å². The molecular weight excluding hydrogens is 360 g/mol. The van der Waals surface area contributed by atoms with Crippen LogP contribution in [-0.2, 0) is 15.9 Å². The molecule has 1 aliphatic carbocycles. The Morgan fingerprint density at radius 3 is 2.71 bits per heavy atom. The summed E-state index contributed by atoms with van der Waals surface area (Å²) < 4.78 is 16.2. The second kappa shape index (κ2) is 6.94. The summed E-state index contributed by atoms with van der Waals surface area (Å²) in [5.74, 6) is 1.46. The van der Waals surface area contributed by atoms with Gasteiger partial charge in [-0.05, 0) is 12.1 Å². The number of carbonyl (C=O) groups is 1. The number of anilines is 1. The van der Waals surface area contributed by atoms with Gasteiger partial charge in [0.15, 0.2) is 17.8 Å². The van der Waals surface area contributed by atoms with Crippen LogP contribution in [0.25, 0.3) is 11.6 Å². The lowest BCUT2D eigenvalue weighted by Crippen LogP contribution is -2.51. The highest BCUT2D eigenvalue weighted by Crippen LogP contribution is 2.36. The molecule has 0 unspecified atom stereocenters. The van der Waals surface area contributed by atoms with Crippen molar-refractivity contribution in [1.29, 1.82) is 0 Å². The number of ether oxygens (including phenoxy) is 2. The van der Waals surface area contributed by atoms with Crippen molar-refractivity contribution in [3.63, 3.8) is 0 Å². The summed E-state index contributed by atoms with van der Waals surface area (Å²) in [5.41, 5.74) is 4.43. The molecule has 28 heavy (non-hydrogen) atoms. The van der Waals surface area contributed by atoms with Crippen molar-refractivity contribution in [2.45, 2.75) is 19.4 Å². The molecule has 1 amide bonds. The average molecular weight is 382 g/mol. The summed E-state index contributed by atoms with van der Waals surface area (Å²) in [4.78, 5) is 25.1. The maximum Gasteiger partial charge on any atom is 0.410 e. The fourth-order valence-corrected chi connectivity index (χ4v) is 3.78. The van der Waals surface area contributed by atoms with E-state index in [2.05, 4.69) is 20.9 Å². The zero-order chi connectivity index (χ0) is 19.1. The van der Waals surface area contributed by atoms with Gasteiger partial charge in [0.1, 0.15) is 0 Å². The van der Waals surface area contributed by atoms with Crippen LogP contribution in [-0.4, -0.2) is 66.5 Å². The van der Waals surface area contributed by atoms with E-state index in [1.807, 2.05) is 19.2 Å². The van der Waals surface area contributed by atoms with Crippen LogP contribution in [0.3, 0.4) is 0 Å². The van der Waals surface area contributed by atoms with Gasteiger partial charge in [-0.25, -0.2) is 9.78 Å². The Morgan fingerprint density at radius 1 is 1.21 bits per heavy atom. The van der Waals surface area contributed by atoms with Crippen molar-refractivity contribution in [3.8, 4) is 0 Å². The number of hydrogen-bond acceptors (Lipinski definition) is 7. The number of amides is 1. The lowest BCUT2D eigenvalue weighted by molar-refractivity contribution is -0.104. The highest BCUT2D eigenvalue weighted by molar-refractivity contribution is 5.90. The van der Waals surface area contributed by atoms with Crippen molar-refractivity contribution in [1.82, 2.24) is 14.9 Å². The largest absolute Gasteiger partial charge is 0.441 e. The topological polar surface area (TPSA) is 80.9 Å². The molecule has 8 heteroatoms. The minimum atomic E-state index is -0.240. The molecule has 4 heterocycles. The zero-order valence-electron chi connectivity index (χ0n) is 15.8. The molecule has 3 aliphatic rings. The SMILES string of the molecule is Cc1ncc(C2=Cc3c(N4CCN(C(=O)OC5COC5)CC4)ccnc3C2)o1. The smallest absolute Gasteiger partial charge is 0.410 e. The van der Waals surface area contributed by atoms with Gasteiger partial charge in [-0.3, -0.25) is 4.98 Å². The van der Waals surface area contributed by atoms with Gasteiger partial charge >= 0.3 is 6.09 Å². The number of allylic oxidation sites excluding steroid dienone is 1. The summed E-state index contributed by atoms with van der Waals surface area (Å²) in [5, 5.41) is 0. The molecule has 0 spiro atoms. The normalized spacial score (nSPS) is 19.2. The van der Waals surface area contributed by atoms with Crippen LogP contribution in [0.2, 0.25) is 0 Å². The Hall–Kier alpha value is -2.87. The molecule has 0 N–H and O–H groups in total. The second-order valence-corrected chi connectivity index (χ2v) is 7.30. The third-order valence-electron chi connectivity index (χ3n) is 5.42. The van der Waals surface area contributed by atoms with E-state index in [1.54, 1.807) is 11.1 Å². The molecule has 5 rings (SSSR count). The fraction of sp³-hybridized carbons (Fsp3) is 0.450. The summed E-state index contributed by atoms with van der Waals surface area (Å²) in [6, 6.07) is 2.05. The first-order valence-electron chi connectivity index (χ1n) is 9.57. The number of rotatable bonds is 3. The van der Waals surface area contributed by atoms with E-state index >= 15 is 0 Å². The quantitative estimate of drug-likeness (QED) is 0.804. The standard InChI is InChI=1S/C20H22N4O4/c1-13-22-10-19(27-13)14-8-16-17(9-14)21-3-2-18(16)23-4-6-24(7-5-23)20(25)28-15-11-26-12-15/h2-3,8,10,15H,4-7,9,11-12H2,1H3. The summed E-state index contributed by atoms with van der Waals surface area (Å²) >= 11 is 0. The van der Waals surface area contributed by atoms with E-state index in [4.69, 9.17) is 13.9 Å². The van der Waals surface area contributed by atoms with Gasteiger partial charge in [0.25, 0.3) is 0 Å². The van der Waals surface area contributed by atoms with Crippen LogP contribution in [0.5, 0.6) is 0 Å². The van der Waals surface area contributed by atoms with Gasteiger partial charge in [0.2, 0.25) is 0 Å². The van der Waals surface area contributed by atoms with Crippen LogP contribution in [0.1, 0.15) is 22.9 Å². The number of aromatic nitrogens is 2. The van der Waals surface area contributed by atoms with Crippen LogP contribution >= 0.6 is 0 Å². The highest BCUT2D eigenvalue weighted by Gasteiger charge is 2.29. The maximum absolute atomic E-state index is 12.2. The molecular formula is C20H22N4O4. The third-order valence-corrected chi connectivity index (χ3v) is 5.42. The van der Waals surface area contributed by atoms with E-state index in [9.17, 15) is 4.79 Å². The van der Waals surface area contributed by atoms with Gasteiger partial charge in [-0.1, -0.05) is 0 Å². The summed E-state index contributed by atoms with van der Waals surface area (Å²) in [7, 11) is 0. The third kappa shape index (κ3) is 3.13. The van der Waals surface area contributed by atoms with E-state index in [0.29, 0.717) is 32.2 Å². The van der Waals surface area contributed by atoms with Crippen molar-refractivity contribution >= 4 is 23.4 Å². The molecule has 2 aromatic heterocycles. The molecule has 2 saturated heterocycles. The molecule has 0 atom stereocenters. The molecule has 2 aliphatic heterocycles. The van der Waals surface area contributed by atoms with Crippen molar-refractivity contribution in [3.05, 3.63) is 41.4 Å². The minimum Gasteiger partial charge on any atom is -0.441 e. The number of oxazole rings is 1. The molecule has 146 valence electrons. The molecule has 2 fully saturated rings. The minimum absolute atomic E-state index is 0.0858. The first-order valence-corrected chi connectivity index (χ1v) is 9.57. The van der Waals surface area contributed by atoms with E-state index < -0.39 is 0 Å². The van der Waals surface area contributed by atoms with E-state index in [1.165, 1.54) is 0 Å². The van der Waals surface area contributed by atoms with E-state index in [0.717, 1.165) is 47.8 Å². The molecule has 0 saturated carbocycles. The van der Waals surface area contributed by atoms with Crippen LogP contribution in [0.15, 0.2) is 22.9 Å². The number of fused-ring (bicyclic) bond motifs is 1. The number of piperazine rings is 1. The predicted octanol–water partition coefficient (Wildman–Crippen LogP) is 2.13. The second-order valence-electron chi connectivity index (χ2n) is 7.30. The Morgan fingerprint density at radius 2 is 2.04 bits per heavy atom.